The molecule has 1 N–H and O–H groups in total. The number of hydrogen-bond donors (Lipinski definition) is 1. The van der Waals surface area contributed by atoms with Crippen molar-refractivity contribution in [3.63, 3.8) is 0 Å². The van der Waals surface area contributed by atoms with E-state index in [0.29, 0.717) is 16.6 Å². The van der Waals surface area contributed by atoms with Gasteiger partial charge in [-0.2, -0.15) is 0 Å². The Balaban J connectivity index is 1.19. The molecule has 0 bridgehead atoms. The quantitative estimate of drug-likeness (QED) is 0.229. The van der Waals surface area contributed by atoms with Gasteiger partial charge in [-0.05, 0) is 46.5 Å². The Morgan fingerprint density at radius 3 is 1.54 bits per heavy atom. The van der Waals surface area contributed by atoms with Crippen LogP contribution in [0.15, 0.2) is 109 Å². The number of hydrogen-bond acceptors (Lipinski definition) is 4. The lowest BCUT2D eigenvalue weighted by Crippen LogP contribution is -2.50. The van der Waals surface area contributed by atoms with Crippen molar-refractivity contribution in [1.82, 2.24) is 9.80 Å². The number of piperazine rings is 1. The Morgan fingerprint density at radius 2 is 1.08 bits per heavy atom. The fourth-order valence-corrected chi connectivity index (χ4v) is 5.56. The van der Waals surface area contributed by atoms with Crippen LogP contribution in [0.5, 0.6) is 0 Å². The molecule has 1 aliphatic heterocycles. The summed E-state index contributed by atoms with van der Waals surface area (Å²) in [6, 6.07) is 36.9. The molecule has 1 unspecified atom stereocenters. The number of aliphatic hydroxyl groups excluding tert-OH is 1. The molecule has 4 nitrogen and oxygen atoms in total. The van der Waals surface area contributed by atoms with Gasteiger partial charge in [0.2, 0.25) is 0 Å². The van der Waals surface area contributed by atoms with Crippen LogP contribution in [0.2, 0.25) is 10.0 Å². The molecule has 1 heterocycles. The van der Waals surface area contributed by atoms with Gasteiger partial charge in [0.25, 0.3) is 0 Å². The number of aliphatic hydroxyl groups is 1. The summed E-state index contributed by atoms with van der Waals surface area (Å²) in [5.41, 5.74) is 4.58. The third kappa shape index (κ3) is 7.49. The van der Waals surface area contributed by atoms with E-state index in [2.05, 4.69) is 70.5 Å². The SMILES string of the molecule is OC(COC(c1ccc(Cl)cc1)c1ccc(Cl)cc1)CN1CCN(C(c2ccccc2)c2ccccc2)CC1. The number of benzene rings is 4. The van der Waals surface area contributed by atoms with Crippen LogP contribution in [-0.4, -0.2) is 60.3 Å². The molecule has 6 heteroatoms. The van der Waals surface area contributed by atoms with Gasteiger partial charge in [-0.3, -0.25) is 9.80 Å². The number of nitrogens with zero attached hydrogens (tertiary/aromatic N) is 2. The third-order valence-corrected chi connectivity index (χ3v) is 7.78. The van der Waals surface area contributed by atoms with Crippen molar-refractivity contribution in [3.8, 4) is 0 Å². The zero-order valence-corrected chi connectivity index (χ0v) is 23.4. The minimum atomic E-state index is -0.599. The van der Waals surface area contributed by atoms with Crippen LogP contribution in [0.1, 0.15) is 34.4 Å². The van der Waals surface area contributed by atoms with Crippen LogP contribution in [0.3, 0.4) is 0 Å². The highest BCUT2D eigenvalue weighted by Gasteiger charge is 2.27. The van der Waals surface area contributed by atoms with Crippen LogP contribution < -0.4 is 0 Å². The van der Waals surface area contributed by atoms with Gasteiger partial charge in [0.05, 0.1) is 18.8 Å². The van der Waals surface area contributed by atoms with Crippen molar-refractivity contribution < 1.29 is 9.84 Å². The largest absolute Gasteiger partial charge is 0.389 e. The summed E-state index contributed by atoms with van der Waals surface area (Å²) in [7, 11) is 0. The predicted molar refractivity (Wildman–Crippen MR) is 159 cm³/mol. The van der Waals surface area contributed by atoms with Crippen LogP contribution in [0.25, 0.3) is 0 Å². The molecule has 1 fully saturated rings. The Bertz CT molecular complexity index is 1190. The highest BCUT2D eigenvalue weighted by Crippen LogP contribution is 2.30. The second-order valence-electron chi connectivity index (χ2n) is 10.0. The molecule has 5 rings (SSSR count). The normalized spacial score (nSPS) is 15.6. The lowest BCUT2D eigenvalue weighted by atomic mass is 9.96. The monoisotopic (exact) mass is 560 g/mol. The number of rotatable bonds is 10. The average molecular weight is 562 g/mol. The van der Waals surface area contributed by atoms with E-state index in [0.717, 1.165) is 37.3 Å². The highest BCUT2D eigenvalue weighted by atomic mass is 35.5. The van der Waals surface area contributed by atoms with Crippen molar-refractivity contribution >= 4 is 23.2 Å². The van der Waals surface area contributed by atoms with Gasteiger partial charge in [0, 0.05) is 42.8 Å². The molecular weight excluding hydrogens is 527 g/mol. The summed E-state index contributed by atoms with van der Waals surface area (Å²) in [5, 5.41) is 12.3. The minimum Gasteiger partial charge on any atom is -0.389 e. The molecule has 0 aromatic heterocycles. The van der Waals surface area contributed by atoms with Gasteiger partial charge in [0.15, 0.2) is 0 Å². The van der Waals surface area contributed by atoms with Crippen LogP contribution in [-0.2, 0) is 4.74 Å². The molecule has 4 aromatic rings. The van der Waals surface area contributed by atoms with E-state index in [1.807, 2.05) is 48.5 Å². The summed E-state index contributed by atoms with van der Waals surface area (Å²) < 4.78 is 6.30. The minimum absolute atomic E-state index is 0.224. The van der Waals surface area contributed by atoms with Crippen molar-refractivity contribution in [1.29, 1.82) is 0 Å². The summed E-state index contributed by atoms with van der Waals surface area (Å²) in [5.74, 6) is 0. The Morgan fingerprint density at radius 1 is 0.615 bits per heavy atom. The zero-order valence-electron chi connectivity index (χ0n) is 21.9. The number of β-amino-alcohol motifs (C(OH)–C–C–N with tert-alkyl or cyclic N) is 1. The van der Waals surface area contributed by atoms with E-state index in [1.54, 1.807) is 0 Å². The van der Waals surface area contributed by atoms with Gasteiger partial charge in [0.1, 0.15) is 6.10 Å². The molecule has 0 saturated carbocycles. The van der Waals surface area contributed by atoms with Crippen molar-refractivity contribution in [3.05, 3.63) is 141 Å². The standard InChI is InChI=1S/C33H34Cl2N2O2/c34-29-15-11-27(12-16-29)33(28-13-17-30(35)18-14-28)39-24-31(38)23-36-19-21-37(22-20-36)32(25-7-3-1-4-8-25)26-9-5-2-6-10-26/h1-18,31-33,38H,19-24H2. The average Bonchev–Trinajstić information content (AvgIpc) is 2.97. The first-order chi connectivity index (χ1) is 19.1. The number of ether oxygens (including phenoxy) is 1. The molecule has 0 radical (unpaired) electrons. The first-order valence-electron chi connectivity index (χ1n) is 13.4. The highest BCUT2D eigenvalue weighted by molar-refractivity contribution is 6.30. The Labute approximate surface area is 241 Å². The maximum Gasteiger partial charge on any atom is 0.108 e. The molecule has 1 aliphatic rings. The van der Waals surface area contributed by atoms with Crippen molar-refractivity contribution in [2.75, 3.05) is 39.3 Å². The van der Waals surface area contributed by atoms with Crippen LogP contribution >= 0.6 is 23.2 Å². The van der Waals surface area contributed by atoms with E-state index < -0.39 is 6.10 Å². The van der Waals surface area contributed by atoms with E-state index >= 15 is 0 Å². The second kappa shape index (κ2) is 13.6. The lowest BCUT2D eigenvalue weighted by Gasteiger charge is -2.40. The lowest BCUT2D eigenvalue weighted by molar-refractivity contribution is -0.0159. The van der Waals surface area contributed by atoms with E-state index in [4.69, 9.17) is 27.9 Å². The predicted octanol–water partition coefficient (Wildman–Crippen LogP) is 6.87. The summed E-state index contributed by atoms with van der Waals surface area (Å²) in [6.07, 6.45) is -0.916. The van der Waals surface area contributed by atoms with Crippen LogP contribution in [0, 0.1) is 0 Å². The molecule has 0 aliphatic carbocycles. The third-order valence-electron chi connectivity index (χ3n) is 7.27. The smallest absolute Gasteiger partial charge is 0.108 e. The molecule has 1 saturated heterocycles. The molecular formula is C33H34Cl2N2O2. The van der Waals surface area contributed by atoms with Crippen molar-refractivity contribution in [2.45, 2.75) is 18.2 Å². The molecule has 202 valence electrons. The summed E-state index contributed by atoms with van der Waals surface area (Å²) >= 11 is 12.2. The summed E-state index contributed by atoms with van der Waals surface area (Å²) in [6.45, 7) is 4.45. The molecule has 0 spiro atoms. The Kier molecular flexibility index (Phi) is 9.70. The van der Waals surface area contributed by atoms with E-state index in [9.17, 15) is 5.11 Å². The first-order valence-corrected chi connectivity index (χ1v) is 14.2. The van der Waals surface area contributed by atoms with Gasteiger partial charge in [-0.25, -0.2) is 0 Å². The summed E-state index contributed by atoms with van der Waals surface area (Å²) in [4.78, 5) is 4.87. The molecule has 39 heavy (non-hydrogen) atoms. The Hall–Kier alpha value is -2.70. The van der Waals surface area contributed by atoms with Gasteiger partial charge in [-0.1, -0.05) is 108 Å². The fraction of sp³-hybridized carbons (Fsp3) is 0.273. The number of halogens is 2. The van der Waals surface area contributed by atoms with Gasteiger partial charge < -0.3 is 9.84 Å². The van der Waals surface area contributed by atoms with Gasteiger partial charge >= 0.3 is 0 Å². The molecule has 4 aromatic carbocycles. The van der Waals surface area contributed by atoms with E-state index in [1.165, 1.54) is 11.1 Å². The molecule has 0 amide bonds. The topological polar surface area (TPSA) is 35.9 Å². The first kappa shape index (κ1) is 27.9. The maximum absolute atomic E-state index is 10.9. The maximum atomic E-state index is 10.9. The van der Waals surface area contributed by atoms with Gasteiger partial charge in [-0.15, -0.1) is 0 Å². The van der Waals surface area contributed by atoms with E-state index in [-0.39, 0.29) is 18.8 Å². The van der Waals surface area contributed by atoms with Crippen molar-refractivity contribution in [2.24, 2.45) is 0 Å². The zero-order chi connectivity index (χ0) is 27.0. The second-order valence-corrected chi connectivity index (χ2v) is 10.9. The molecule has 1 atom stereocenters. The fourth-order valence-electron chi connectivity index (χ4n) is 5.31. The van der Waals surface area contributed by atoms with Crippen LogP contribution in [0.4, 0.5) is 0 Å².